The Morgan fingerprint density at radius 3 is 2.50 bits per heavy atom. The average Bonchev–Trinajstić information content (AvgIpc) is 2.43. The Morgan fingerprint density at radius 2 is 2.10 bits per heavy atom. The highest BCUT2D eigenvalue weighted by Crippen LogP contribution is 1.97. The summed E-state index contributed by atoms with van der Waals surface area (Å²) in [6.45, 7) is 0. The molecule has 1 aromatic rings. The lowest BCUT2D eigenvalue weighted by atomic mass is 9.88. The lowest BCUT2D eigenvalue weighted by Gasteiger charge is -2.03. The normalized spacial score (nSPS) is 9.80. The van der Waals surface area contributed by atoms with E-state index in [0.717, 1.165) is 4.78 Å². The van der Waals surface area contributed by atoms with E-state index in [9.17, 15) is 0 Å². The average molecular weight is 156 g/mol. The summed E-state index contributed by atoms with van der Waals surface area (Å²) in [6.07, 6.45) is 0. The highest BCUT2D eigenvalue weighted by Gasteiger charge is 2.17. The summed E-state index contributed by atoms with van der Waals surface area (Å²) in [5.41, 5.74) is 0. The van der Waals surface area contributed by atoms with Crippen molar-refractivity contribution in [3.63, 3.8) is 0 Å². The van der Waals surface area contributed by atoms with E-state index in [0.29, 0.717) is 0 Å². The Bertz CT molecular complexity index is 172. The van der Waals surface area contributed by atoms with Gasteiger partial charge in [0.2, 0.25) is 0 Å². The quantitative estimate of drug-likeness (QED) is 0.600. The van der Waals surface area contributed by atoms with Gasteiger partial charge < -0.3 is 9.31 Å². The molecule has 0 unspecified atom stereocenters. The van der Waals surface area contributed by atoms with Crippen LogP contribution < -0.4 is 4.78 Å². The van der Waals surface area contributed by atoms with Crippen LogP contribution in [0.3, 0.4) is 0 Å². The van der Waals surface area contributed by atoms with Crippen LogP contribution in [0.4, 0.5) is 0 Å². The van der Waals surface area contributed by atoms with Crippen LogP contribution in [0.5, 0.6) is 0 Å². The van der Waals surface area contributed by atoms with Crippen molar-refractivity contribution in [3.05, 3.63) is 17.5 Å². The summed E-state index contributed by atoms with van der Waals surface area (Å²) in [7, 11) is 3.07. The minimum absolute atomic E-state index is 0.194. The summed E-state index contributed by atoms with van der Waals surface area (Å²) in [4.78, 5) is 0. The minimum atomic E-state index is -0.194. The third-order valence-corrected chi connectivity index (χ3v) is 2.10. The van der Waals surface area contributed by atoms with E-state index in [1.165, 1.54) is 0 Å². The maximum Gasteiger partial charge on any atom is 0.504 e. The van der Waals surface area contributed by atoms with Gasteiger partial charge in [-0.2, -0.15) is 11.3 Å². The second-order valence-electron chi connectivity index (χ2n) is 1.82. The molecule has 0 aliphatic carbocycles. The van der Waals surface area contributed by atoms with Crippen molar-refractivity contribution in [1.82, 2.24) is 0 Å². The van der Waals surface area contributed by atoms with Crippen molar-refractivity contribution in [1.29, 1.82) is 0 Å². The summed E-state index contributed by atoms with van der Waals surface area (Å²) < 4.78 is 11.2. The van der Waals surface area contributed by atoms with Crippen LogP contribution in [-0.2, 0) is 9.31 Å². The standard InChI is InChI=1S/C6H9BO2S/c1-8-7(9-2)6-4-3-5-10-6/h3-5H,1-2H3. The second kappa shape index (κ2) is 3.76. The third kappa shape index (κ3) is 1.59. The molecule has 0 amide bonds. The largest absolute Gasteiger partial charge is 0.504 e. The van der Waals surface area contributed by atoms with E-state index >= 15 is 0 Å². The van der Waals surface area contributed by atoms with Crippen LogP contribution in [-0.4, -0.2) is 21.3 Å². The predicted molar refractivity (Wildman–Crippen MR) is 43.7 cm³/mol. The van der Waals surface area contributed by atoms with Crippen molar-refractivity contribution in [2.75, 3.05) is 14.2 Å². The van der Waals surface area contributed by atoms with E-state index in [1.807, 2.05) is 17.5 Å². The number of hydrogen-bond acceptors (Lipinski definition) is 3. The molecule has 0 bridgehead atoms. The predicted octanol–water partition coefficient (Wildman–Crippen LogP) is 0.736. The zero-order chi connectivity index (χ0) is 7.40. The first-order chi connectivity index (χ1) is 4.88. The van der Waals surface area contributed by atoms with Gasteiger partial charge in [-0.3, -0.25) is 0 Å². The molecule has 0 spiro atoms. The number of thiophene rings is 1. The molecule has 54 valence electrons. The Labute approximate surface area is 64.9 Å². The molecule has 1 heterocycles. The van der Waals surface area contributed by atoms with Gasteiger partial charge in [0.1, 0.15) is 0 Å². The maximum atomic E-state index is 5.03. The lowest BCUT2D eigenvalue weighted by Crippen LogP contribution is -2.32. The molecule has 10 heavy (non-hydrogen) atoms. The van der Waals surface area contributed by atoms with Crippen LogP contribution in [0.1, 0.15) is 0 Å². The Hall–Kier alpha value is -0.315. The van der Waals surface area contributed by atoms with Gasteiger partial charge in [0.25, 0.3) is 0 Å². The minimum Gasteiger partial charge on any atom is -0.410 e. The zero-order valence-electron chi connectivity index (χ0n) is 6.03. The molecule has 0 N–H and O–H groups in total. The van der Waals surface area contributed by atoms with Gasteiger partial charge in [-0.1, -0.05) is 12.1 Å². The van der Waals surface area contributed by atoms with Crippen molar-refractivity contribution in [2.45, 2.75) is 0 Å². The fourth-order valence-electron chi connectivity index (χ4n) is 0.754. The lowest BCUT2D eigenvalue weighted by molar-refractivity contribution is 0.292. The van der Waals surface area contributed by atoms with Crippen LogP contribution in [0.2, 0.25) is 0 Å². The summed E-state index contributed by atoms with van der Waals surface area (Å²) >= 11 is 1.63. The molecule has 0 saturated heterocycles. The molecule has 1 aromatic heterocycles. The number of rotatable bonds is 3. The second-order valence-corrected chi connectivity index (χ2v) is 2.80. The molecule has 0 aliphatic rings. The van der Waals surface area contributed by atoms with Crippen LogP contribution in [0, 0.1) is 0 Å². The van der Waals surface area contributed by atoms with Gasteiger partial charge >= 0.3 is 7.12 Å². The van der Waals surface area contributed by atoms with Gasteiger partial charge in [-0.25, -0.2) is 0 Å². The topological polar surface area (TPSA) is 18.5 Å². The molecule has 0 fully saturated rings. The first-order valence-corrected chi connectivity index (χ1v) is 3.85. The van der Waals surface area contributed by atoms with E-state index in [1.54, 1.807) is 25.6 Å². The molecular formula is C6H9BO2S. The third-order valence-electron chi connectivity index (χ3n) is 1.20. The van der Waals surface area contributed by atoms with Crippen LogP contribution in [0.25, 0.3) is 0 Å². The van der Waals surface area contributed by atoms with Crippen molar-refractivity contribution < 1.29 is 9.31 Å². The number of hydrogen-bond donors (Lipinski definition) is 0. The smallest absolute Gasteiger partial charge is 0.410 e. The van der Waals surface area contributed by atoms with Gasteiger partial charge in [-0.05, 0) is 5.38 Å². The molecule has 4 heteroatoms. The first kappa shape index (κ1) is 7.79. The summed E-state index contributed by atoms with van der Waals surface area (Å²) in [6, 6.07) is 3.97. The van der Waals surface area contributed by atoms with Crippen LogP contribution in [0.15, 0.2) is 17.5 Å². The van der Waals surface area contributed by atoms with E-state index < -0.39 is 0 Å². The molecular weight excluding hydrogens is 147 g/mol. The van der Waals surface area contributed by atoms with Crippen molar-refractivity contribution >= 4 is 23.2 Å². The maximum absolute atomic E-state index is 5.03. The van der Waals surface area contributed by atoms with E-state index in [2.05, 4.69) is 0 Å². The molecule has 1 rings (SSSR count). The van der Waals surface area contributed by atoms with E-state index in [4.69, 9.17) is 9.31 Å². The highest BCUT2D eigenvalue weighted by molar-refractivity contribution is 7.20. The zero-order valence-corrected chi connectivity index (χ0v) is 6.85. The fraction of sp³-hybridized carbons (Fsp3) is 0.333. The molecule has 0 aliphatic heterocycles. The molecule has 0 radical (unpaired) electrons. The molecule has 0 aromatic carbocycles. The van der Waals surface area contributed by atoms with Crippen LogP contribution >= 0.6 is 11.3 Å². The molecule has 0 saturated carbocycles. The van der Waals surface area contributed by atoms with Gasteiger partial charge in [0, 0.05) is 19.0 Å². The van der Waals surface area contributed by atoms with Gasteiger partial charge in [0.15, 0.2) is 0 Å². The Kier molecular flexibility index (Phi) is 2.93. The van der Waals surface area contributed by atoms with Gasteiger partial charge in [0.05, 0.1) is 0 Å². The highest BCUT2D eigenvalue weighted by atomic mass is 32.1. The fourth-order valence-corrected chi connectivity index (χ4v) is 1.53. The Morgan fingerprint density at radius 1 is 1.40 bits per heavy atom. The monoisotopic (exact) mass is 156 g/mol. The van der Waals surface area contributed by atoms with E-state index in [-0.39, 0.29) is 7.12 Å². The summed E-state index contributed by atoms with van der Waals surface area (Å²) in [5.74, 6) is 0. The van der Waals surface area contributed by atoms with Crippen molar-refractivity contribution in [2.24, 2.45) is 0 Å². The van der Waals surface area contributed by atoms with Gasteiger partial charge in [-0.15, -0.1) is 0 Å². The van der Waals surface area contributed by atoms with Crippen molar-refractivity contribution in [3.8, 4) is 0 Å². The Balaban J connectivity index is 2.64. The molecule has 0 atom stereocenters. The summed E-state index contributed by atoms with van der Waals surface area (Å²) in [5, 5.41) is 2.00. The molecule has 2 nitrogen and oxygen atoms in total. The first-order valence-electron chi connectivity index (χ1n) is 2.97. The SMILES string of the molecule is COB(OC)c1cccs1.